The minimum atomic E-state index is -0.0396. The Bertz CT molecular complexity index is 944. The molecular weight excluding hydrogens is 364 g/mol. The number of rotatable bonds is 6. The van der Waals surface area contributed by atoms with Crippen molar-refractivity contribution in [1.82, 2.24) is 19.9 Å². The molecule has 1 atom stereocenters. The lowest BCUT2D eigenvalue weighted by atomic mass is 10.00. The number of anilines is 3. The molecule has 1 aliphatic rings. The van der Waals surface area contributed by atoms with E-state index in [-0.39, 0.29) is 12.6 Å². The van der Waals surface area contributed by atoms with Crippen molar-refractivity contribution in [2.45, 2.75) is 25.8 Å². The molecular formula is C18H20N6O2S. The second-order valence-electron chi connectivity index (χ2n) is 6.30. The highest BCUT2D eigenvalue weighted by atomic mass is 32.1. The van der Waals surface area contributed by atoms with E-state index < -0.39 is 0 Å². The largest absolute Gasteiger partial charge is 0.481 e. The fourth-order valence-electron chi connectivity index (χ4n) is 2.83. The Kier molecular flexibility index (Phi) is 4.87. The van der Waals surface area contributed by atoms with E-state index in [4.69, 9.17) is 9.72 Å². The van der Waals surface area contributed by atoms with Gasteiger partial charge in [-0.15, -0.1) is 0 Å². The molecule has 0 aliphatic heterocycles. The van der Waals surface area contributed by atoms with Crippen molar-refractivity contribution in [1.29, 1.82) is 0 Å². The highest BCUT2D eigenvalue weighted by molar-refractivity contribution is 7.19. The van der Waals surface area contributed by atoms with Crippen molar-refractivity contribution in [2.75, 3.05) is 24.4 Å². The summed E-state index contributed by atoms with van der Waals surface area (Å²) in [5.41, 5.74) is 3.86. The molecule has 0 aromatic carbocycles. The van der Waals surface area contributed by atoms with Crippen molar-refractivity contribution in [2.24, 2.45) is 0 Å². The van der Waals surface area contributed by atoms with Crippen LogP contribution in [0.25, 0.3) is 10.6 Å². The number of fused-ring (bicyclic) bond motifs is 3. The standard InChI is InChI=1S/C18H20N6O2S/c1-10(9-25)21-18-23-13-5-3-11-7-20-17(24-15(11)16(13)27-18)22-12-4-6-14(26-2)19-8-12/h4,6-8,10,25H,3,5,9H2,1-2H3,(H,21,23)(H,20,22,24). The van der Waals surface area contributed by atoms with Gasteiger partial charge >= 0.3 is 0 Å². The molecule has 3 aromatic heterocycles. The quantitative estimate of drug-likeness (QED) is 0.596. The van der Waals surface area contributed by atoms with Crippen LogP contribution in [0.4, 0.5) is 16.8 Å². The molecule has 3 aromatic rings. The average molecular weight is 384 g/mol. The van der Waals surface area contributed by atoms with E-state index in [0.29, 0.717) is 11.8 Å². The number of ether oxygens (including phenoxy) is 1. The van der Waals surface area contributed by atoms with Gasteiger partial charge in [0, 0.05) is 18.3 Å². The molecule has 3 heterocycles. The number of aryl methyl sites for hydroxylation is 2. The van der Waals surface area contributed by atoms with Crippen LogP contribution in [0, 0.1) is 0 Å². The third-order valence-corrected chi connectivity index (χ3v) is 5.29. The number of pyridine rings is 1. The van der Waals surface area contributed by atoms with Crippen LogP contribution in [-0.2, 0) is 12.8 Å². The summed E-state index contributed by atoms with van der Waals surface area (Å²) in [6, 6.07) is 3.61. The summed E-state index contributed by atoms with van der Waals surface area (Å²) in [7, 11) is 1.58. The van der Waals surface area contributed by atoms with Crippen molar-refractivity contribution >= 4 is 28.1 Å². The number of aromatic nitrogens is 4. The smallest absolute Gasteiger partial charge is 0.227 e. The maximum absolute atomic E-state index is 9.24. The Balaban J connectivity index is 1.61. The highest BCUT2D eigenvalue weighted by Crippen LogP contribution is 2.38. The number of aliphatic hydroxyl groups is 1. The number of methoxy groups -OCH3 is 1. The van der Waals surface area contributed by atoms with E-state index in [0.717, 1.165) is 45.5 Å². The zero-order valence-corrected chi connectivity index (χ0v) is 15.9. The molecule has 0 amide bonds. The first kappa shape index (κ1) is 17.6. The second kappa shape index (κ2) is 7.45. The maximum atomic E-state index is 9.24. The lowest BCUT2D eigenvalue weighted by Gasteiger charge is -2.14. The Morgan fingerprint density at radius 1 is 1.22 bits per heavy atom. The Morgan fingerprint density at radius 2 is 2.11 bits per heavy atom. The predicted octanol–water partition coefficient (Wildman–Crippen LogP) is 2.64. The summed E-state index contributed by atoms with van der Waals surface area (Å²) >= 11 is 1.56. The van der Waals surface area contributed by atoms with E-state index >= 15 is 0 Å². The Labute approximate surface area is 160 Å². The Hall–Kier alpha value is -2.78. The molecule has 4 rings (SSSR count). The predicted molar refractivity (Wildman–Crippen MR) is 105 cm³/mol. The van der Waals surface area contributed by atoms with Gasteiger partial charge in [0.1, 0.15) is 0 Å². The SMILES string of the molecule is COc1ccc(Nc2ncc3c(n2)-c2sc(NC(C)CO)nc2CC3)cn1. The van der Waals surface area contributed by atoms with Gasteiger partial charge in [-0.3, -0.25) is 0 Å². The summed E-state index contributed by atoms with van der Waals surface area (Å²) in [5.74, 6) is 1.07. The normalized spacial score (nSPS) is 13.4. The van der Waals surface area contributed by atoms with Crippen LogP contribution in [0.1, 0.15) is 18.2 Å². The van der Waals surface area contributed by atoms with Gasteiger partial charge in [-0.1, -0.05) is 11.3 Å². The number of hydrogen-bond acceptors (Lipinski definition) is 9. The summed E-state index contributed by atoms with van der Waals surface area (Å²) in [4.78, 5) is 19.0. The maximum Gasteiger partial charge on any atom is 0.227 e. The molecule has 8 nitrogen and oxygen atoms in total. The summed E-state index contributed by atoms with van der Waals surface area (Å²) in [6.45, 7) is 1.98. The average Bonchev–Trinajstić information content (AvgIpc) is 3.11. The van der Waals surface area contributed by atoms with Gasteiger partial charge in [0.05, 0.1) is 41.9 Å². The molecule has 0 bridgehead atoms. The minimum Gasteiger partial charge on any atom is -0.481 e. The fourth-order valence-corrected chi connectivity index (χ4v) is 3.98. The number of nitrogens with zero attached hydrogens (tertiary/aromatic N) is 4. The lowest BCUT2D eigenvalue weighted by molar-refractivity contribution is 0.281. The first-order valence-electron chi connectivity index (χ1n) is 8.66. The molecule has 140 valence electrons. The van der Waals surface area contributed by atoms with E-state index in [1.54, 1.807) is 30.7 Å². The van der Waals surface area contributed by atoms with Crippen LogP contribution in [0.15, 0.2) is 24.5 Å². The van der Waals surface area contributed by atoms with Crippen LogP contribution < -0.4 is 15.4 Å². The summed E-state index contributed by atoms with van der Waals surface area (Å²) < 4.78 is 5.07. The molecule has 0 spiro atoms. The zero-order chi connectivity index (χ0) is 18.8. The monoisotopic (exact) mass is 384 g/mol. The van der Waals surface area contributed by atoms with Crippen molar-refractivity contribution in [3.8, 4) is 16.5 Å². The van der Waals surface area contributed by atoms with Gasteiger partial charge in [0.2, 0.25) is 11.8 Å². The Morgan fingerprint density at radius 3 is 2.85 bits per heavy atom. The van der Waals surface area contributed by atoms with Gasteiger partial charge in [-0.05, 0) is 31.4 Å². The van der Waals surface area contributed by atoms with Crippen LogP contribution in [0.5, 0.6) is 5.88 Å². The molecule has 0 saturated heterocycles. The molecule has 1 unspecified atom stereocenters. The van der Waals surface area contributed by atoms with Gasteiger partial charge in [0.15, 0.2) is 5.13 Å². The summed E-state index contributed by atoms with van der Waals surface area (Å²) in [5, 5.41) is 16.4. The van der Waals surface area contributed by atoms with Crippen LogP contribution in [0.2, 0.25) is 0 Å². The number of nitrogens with one attached hydrogen (secondary N) is 2. The van der Waals surface area contributed by atoms with E-state index in [2.05, 4.69) is 25.6 Å². The number of thiazole rings is 1. The first-order valence-corrected chi connectivity index (χ1v) is 9.48. The minimum absolute atomic E-state index is 0.0396. The lowest BCUT2D eigenvalue weighted by Crippen LogP contribution is -2.19. The first-order chi connectivity index (χ1) is 13.2. The third kappa shape index (κ3) is 3.69. The second-order valence-corrected chi connectivity index (χ2v) is 7.30. The zero-order valence-electron chi connectivity index (χ0n) is 15.1. The van der Waals surface area contributed by atoms with Gasteiger partial charge in [-0.25, -0.2) is 19.9 Å². The van der Waals surface area contributed by atoms with E-state index in [9.17, 15) is 5.11 Å². The van der Waals surface area contributed by atoms with Crippen LogP contribution in [-0.4, -0.2) is 44.8 Å². The molecule has 0 radical (unpaired) electrons. The third-order valence-electron chi connectivity index (χ3n) is 4.25. The molecule has 27 heavy (non-hydrogen) atoms. The molecule has 9 heteroatoms. The van der Waals surface area contributed by atoms with E-state index in [1.807, 2.05) is 19.2 Å². The van der Waals surface area contributed by atoms with Crippen molar-refractivity contribution in [3.05, 3.63) is 35.8 Å². The number of aliphatic hydroxyl groups excluding tert-OH is 1. The van der Waals surface area contributed by atoms with Gasteiger partial charge in [0.25, 0.3) is 0 Å². The molecule has 0 saturated carbocycles. The van der Waals surface area contributed by atoms with Crippen LogP contribution in [0.3, 0.4) is 0 Å². The topological polar surface area (TPSA) is 105 Å². The molecule has 1 aliphatic carbocycles. The fraction of sp³-hybridized carbons (Fsp3) is 0.333. The van der Waals surface area contributed by atoms with Gasteiger partial charge < -0.3 is 20.5 Å². The molecule has 0 fully saturated rings. The van der Waals surface area contributed by atoms with Crippen LogP contribution >= 0.6 is 11.3 Å². The van der Waals surface area contributed by atoms with E-state index in [1.165, 1.54) is 0 Å². The van der Waals surface area contributed by atoms with Crippen molar-refractivity contribution in [3.63, 3.8) is 0 Å². The summed E-state index contributed by atoms with van der Waals surface area (Å²) in [6.07, 6.45) is 5.28. The molecule has 3 N–H and O–H groups in total. The highest BCUT2D eigenvalue weighted by Gasteiger charge is 2.23. The van der Waals surface area contributed by atoms with Gasteiger partial charge in [-0.2, -0.15) is 0 Å². The van der Waals surface area contributed by atoms with Crippen molar-refractivity contribution < 1.29 is 9.84 Å². The number of hydrogen-bond donors (Lipinski definition) is 3.